The lowest BCUT2D eigenvalue weighted by Crippen LogP contribution is -2.25. The summed E-state index contributed by atoms with van der Waals surface area (Å²) in [7, 11) is 0. The Morgan fingerprint density at radius 2 is 1.85 bits per heavy atom. The van der Waals surface area contributed by atoms with Crippen molar-refractivity contribution in [2.24, 2.45) is 5.73 Å². The Balaban J connectivity index is 1.89. The number of likely N-dealkylation sites (N-methyl/N-ethyl adjacent to an activating group) is 1. The van der Waals surface area contributed by atoms with Gasteiger partial charge in [0.1, 0.15) is 6.54 Å². The Morgan fingerprint density at radius 3 is 2.62 bits per heavy atom. The molecule has 0 bridgehead atoms. The molecule has 1 aliphatic heterocycles. The molecule has 3 aromatic rings. The van der Waals surface area contributed by atoms with Crippen LogP contribution >= 0.6 is 0 Å². The number of carbonyl (C=O) groups is 2. The van der Waals surface area contributed by atoms with E-state index in [9.17, 15) is 9.59 Å². The largest absolute Gasteiger partial charge is 0.368 e. The second-order valence-electron chi connectivity index (χ2n) is 6.32. The number of primary amides is 1. The Morgan fingerprint density at radius 1 is 1.12 bits per heavy atom. The monoisotopic (exact) mass is 345 g/mol. The summed E-state index contributed by atoms with van der Waals surface area (Å²) in [5.74, 6) is -0.398. The zero-order valence-corrected chi connectivity index (χ0v) is 14.5. The van der Waals surface area contributed by atoms with E-state index in [0.29, 0.717) is 12.1 Å². The number of hydrogen-bond donors (Lipinski definition) is 1. The van der Waals surface area contributed by atoms with E-state index in [4.69, 9.17) is 5.73 Å². The van der Waals surface area contributed by atoms with E-state index in [2.05, 4.69) is 0 Å². The number of rotatable bonds is 4. The van der Waals surface area contributed by atoms with Crippen LogP contribution in [0.1, 0.15) is 18.1 Å². The van der Waals surface area contributed by atoms with E-state index in [0.717, 1.165) is 27.7 Å². The van der Waals surface area contributed by atoms with Crippen LogP contribution in [0.2, 0.25) is 0 Å². The number of amides is 2. The summed E-state index contributed by atoms with van der Waals surface area (Å²) >= 11 is 0. The molecule has 0 saturated carbocycles. The van der Waals surface area contributed by atoms with Crippen LogP contribution in [-0.4, -0.2) is 22.9 Å². The summed E-state index contributed by atoms with van der Waals surface area (Å²) in [6, 6.07) is 15.6. The maximum Gasteiger partial charge on any atom is 0.258 e. The van der Waals surface area contributed by atoms with Gasteiger partial charge in [-0.05, 0) is 25.1 Å². The fourth-order valence-electron chi connectivity index (χ4n) is 3.60. The molecule has 0 aliphatic carbocycles. The molecule has 2 amide bonds. The van der Waals surface area contributed by atoms with Gasteiger partial charge in [-0.2, -0.15) is 0 Å². The highest BCUT2D eigenvalue weighted by atomic mass is 16.2. The van der Waals surface area contributed by atoms with Crippen molar-refractivity contribution in [3.63, 3.8) is 0 Å². The van der Waals surface area contributed by atoms with Crippen molar-refractivity contribution >= 4 is 40.1 Å². The standard InChI is InChI=1S/C21H19N3O2/c1-2-24-19-10-6-4-8-16(19)17(21(24)26)11-14-12-23(13-20(22)25)18-9-5-3-7-15(14)18/h3-12H,2,13H2,1H3,(H2,22,25)/b17-11+. The first-order chi connectivity index (χ1) is 12.6. The summed E-state index contributed by atoms with van der Waals surface area (Å²) < 4.78 is 1.83. The Labute approximate surface area is 151 Å². The molecular weight excluding hydrogens is 326 g/mol. The third-order valence-electron chi connectivity index (χ3n) is 4.72. The smallest absolute Gasteiger partial charge is 0.258 e. The number of para-hydroxylation sites is 2. The first-order valence-corrected chi connectivity index (χ1v) is 8.59. The third-order valence-corrected chi connectivity index (χ3v) is 4.72. The van der Waals surface area contributed by atoms with Gasteiger partial charge in [0, 0.05) is 40.3 Å². The van der Waals surface area contributed by atoms with E-state index in [1.807, 2.05) is 72.3 Å². The number of fused-ring (bicyclic) bond motifs is 2. The van der Waals surface area contributed by atoms with Crippen molar-refractivity contribution in [3.05, 3.63) is 65.9 Å². The second kappa shape index (κ2) is 6.19. The van der Waals surface area contributed by atoms with E-state index in [1.54, 1.807) is 4.90 Å². The minimum Gasteiger partial charge on any atom is -0.368 e. The fraction of sp³-hybridized carbons (Fsp3) is 0.143. The van der Waals surface area contributed by atoms with Gasteiger partial charge in [0.2, 0.25) is 5.91 Å². The molecule has 2 heterocycles. The summed E-state index contributed by atoms with van der Waals surface area (Å²) in [5, 5.41) is 0.987. The minimum absolute atomic E-state index is 0.000400. The van der Waals surface area contributed by atoms with Crippen molar-refractivity contribution in [2.75, 3.05) is 11.4 Å². The lowest BCUT2D eigenvalue weighted by atomic mass is 10.0. The predicted molar refractivity (Wildman–Crippen MR) is 103 cm³/mol. The number of aromatic nitrogens is 1. The van der Waals surface area contributed by atoms with Gasteiger partial charge in [-0.15, -0.1) is 0 Å². The van der Waals surface area contributed by atoms with Gasteiger partial charge >= 0.3 is 0 Å². The first kappa shape index (κ1) is 16.1. The van der Waals surface area contributed by atoms with Gasteiger partial charge in [0.25, 0.3) is 5.91 Å². The van der Waals surface area contributed by atoms with Crippen molar-refractivity contribution < 1.29 is 9.59 Å². The maximum absolute atomic E-state index is 12.9. The van der Waals surface area contributed by atoms with Gasteiger partial charge in [-0.1, -0.05) is 36.4 Å². The van der Waals surface area contributed by atoms with Gasteiger partial charge in [0.15, 0.2) is 0 Å². The Bertz CT molecular complexity index is 1060. The summed E-state index contributed by atoms with van der Waals surface area (Å²) in [5.41, 5.74) is 9.74. The molecule has 0 fully saturated rings. The summed E-state index contributed by atoms with van der Waals surface area (Å²) in [6.45, 7) is 2.70. The number of carbonyl (C=O) groups excluding carboxylic acids is 2. The molecule has 130 valence electrons. The van der Waals surface area contributed by atoms with Crippen LogP contribution in [0.3, 0.4) is 0 Å². The molecule has 2 N–H and O–H groups in total. The Kier molecular flexibility index (Phi) is 3.84. The number of benzene rings is 2. The van der Waals surface area contributed by atoms with Gasteiger partial charge in [0.05, 0.1) is 5.69 Å². The number of hydrogen-bond acceptors (Lipinski definition) is 2. The van der Waals surface area contributed by atoms with Crippen LogP contribution in [0.25, 0.3) is 22.6 Å². The fourth-order valence-corrected chi connectivity index (χ4v) is 3.60. The second-order valence-corrected chi connectivity index (χ2v) is 6.32. The van der Waals surface area contributed by atoms with Crippen LogP contribution < -0.4 is 10.6 Å². The van der Waals surface area contributed by atoms with Crippen LogP contribution in [0.5, 0.6) is 0 Å². The molecule has 4 rings (SSSR count). The minimum atomic E-state index is -0.399. The summed E-state index contributed by atoms with van der Waals surface area (Å²) in [4.78, 5) is 26.1. The lowest BCUT2D eigenvalue weighted by Gasteiger charge is -2.13. The topological polar surface area (TPSA) is 68.3 Å². The highest BCUT2D eigenvalue weighted by Crippen LogP contribution is 2.38. The molecule has 0 saturated heterocycles. The Hall–Kier alpha value is -3.34. The molecule has 26 heavy (non-hydrogen) atoms. The normalized spacial score (nSPS) is 15.0. The van der Waals surface area contributed by atoms with Crippen LogP contribution in [-0.2, 0) is 16.1 Å². The van der Waals surface area contributed by atoms with Crippen LogP contribution in [0, 0.1) is 0 Å². The van der Waals surface area contributed by atoms with Gasteiger partial charge < -0.3 is 15.2 Å². The molecule has 0 unspecified atom stereocenters. The molecule has 0 spiro atoms. The first-order valence-electron chi connectivity index (χ1n) is 8.59. The maximum atomic E-state index is 12.9. The van der Waals surface area contributed by atoms with E-state index in [-0.39, 0.29) is 12.5 Å². The van der Waals surface area contributed by atoms with Gasteiger partial charge in [-0.3, -0.25) is 9.59 Å². The van der Waals surface area contributed by atoms with Crippen LogP contribution in [0.4, 0.5) is 5.69 Å². The lowest BCUT2D eigenvalue weighted by molar-refractivity contribution is -0.118. The van der Waals surface area contributed by atoms with Crippen LogP contribution in [0.15, 0.2) is 54.7 Å². The highest BCUT2D eigenvalue weighted by Gasteiger charge is 2.31. The van der Waals surface area contributed by atoms with E-state index in [1.165, 1.54) is 0 Å². The third kappa shape index (κ3) is 2.49. The summed E-state index contributed by atoms with van der Waals surface area (Å²) in [6.07, 6.45) is 3.80. The average molecular weight is 345 g/mol. The zero-order chi connectivity index (χ0) is 18.3. The molecule has 1 aliphatic rings. The predicted octanol–water partition coefficient (Wildman–Crippen LogP) is 3.03. The molecule has 5 nitrogen and oxygen atoms in total. The average Bonchev–Trinajstić information content (AvgIpc) is 3.11. The number of anilines is 1. The molecule has 1 aromatic heterocycles. The zero-order valence-electron chi connectivity index (χ0n) is 14.5. The van der Waals surface area contributed by atoms with E-state index < -0.39 is 5.91 Å². The van der Waals surface area contributed by atoms with Crippen molar-refractivity contribution in [1.82, 2.24) is 4.57 Å². The molecule has 0 radical (unpaired) electrons. The quantitative estimate of drug-likeness (QED) is 0.739. The molecule has 2 aromatic carbocycles. The molecular formula is C21H19N3O2. The number of nitrogens with two attached hydrogens (primary N) is 1. The van der Waals surface area contributed by atoms with Gasteiger partial charge in [-0.25, -0.2) is 0 Å². The number of nitrogens with zero attached hydrogens (tertiary/aromatic N) is 2. The van der Waals surface area contributed by atoms with Crippen molar-refractivity contribution in [1.29, 1.82) is 0 Å². The van der Waals surface area contributed by atoms with E-state index >= 15 is 0 Å². The SMILES string of the molecule is CCN1C(=O)/C(=C/c2cn(CC(N)=O)c3ccccc23)c2ccccc21. The molecule has 5 heteroatoms. The highest BCUT2D eigenvalue weighted by molar-refractivity contribution is 6.36. The van der Waals surface area contributed by atoms with Crippen molar-refractivity contribution in [3.8, 4) is 0 Å². The molecule has 0 atom stereocenters. The van der Waals surface area contributed by atoms with Crippen molar-refractivity contribution in [2.45, 2.75) is 13.5 Å².